The Bertz CT molecular complexity index is 544. The van der Waals surface area contributed by atoms with Gasteiger partial charge in [0.2, 0.25) is 0 Å². The Morgan fingerprint density at radius 1 is 0.941 bits per heavy atom. The van der Waals surface area contributed by atoms with Gasteiger partial charge in [-0.15, -0.1) is 0 Å². The molecule has 0 saturated carbocycles. The molecule has 0 atom stereocenters. The van der Waals surface area contributed by atoms with Crippen molar-refractivity contribution in [3.63, 3.8) is 0 Å². The second-order valence-electron chi connectivity index (χ2n) is 3.47. The zero-order chi connectivity index (χ0) is 12.3. The van der Waals surface area contributed by atoms with Gasteiger partial charge in [0.15, 0.2) is 0 Å². The minimum Gasteiger partial charge on any atom is -0.167 e. The summed E-state index contributed by atoms with van der Waals surface area (Å²) in [6.07, 6.45) is -4.00. The fraction of sp³-hybridized carbons (Fsp3) is 0.0769. The van der Waals surface area contributed by atoms with Crippen LogP contribution in [-0.2, 0) is 0 Å². The zero-order valence-corrected chi connectivity index (χ0v) is 9.55. The van der Waals surface area contributed by atoms with Gasteiger partial charge in [0.1, 0.15) is 0 Å². The lowest BCUT2D eigenvalue weighted by Gasteiger charge is -2.01. The van der Waals surface area contributed by atoms with Crippen LogP contribution in [0.5, 0.6) is 0 Å². The Balaban J connectivity index is 2.17. The van der Waals surface area contributed by atoms with E-state index in [1.165, 1.54) is 0 Å². The molecule has 0 amide bonds. The highest BCUT2D eigenvalue weighted by atomic mass is 32.2. The molecule has 0 aliphatic rings. The Hall–Kier alpha value is -1.42. The van der Waals surface area contributed by atoms with Crippen molar-refractivity contribution in [1.82, 2.24) is 0 Å². The first-order valence-electron chi connectivity index (χ1n) is 4.94. The maximum absolute atomic E-state index is 11.9. The summed E-state index contributed by atoms with van der Waals surface area (Å²) in [4.78, 5) is 0.796. The van der Waals surface area contributed by atoms with E-state index < -0.39 is 6.18 Å². The average Bonchev–Trinajstić information content (AvgIpc) is 2.27. The highest BCUT2D eigenvalue weighted by Crippen LogP contribution is 2.26. The van der Waals surface area contributed by atoms with Crippen LogP contribution < -0.4 is 0 Å². The molecule has 17 heavy (non-hydrogen) atoms. The van der Waals surface area contributed by atoms with Gasteiger partial charge in [-0.3, -0.25) is 0 Å². The van der Waals surface area contributed by atoms with Crippen LogP contribution in [0.1, 0.15) is 0 Å². The molecule has 0 aromatic heterocycles. The lowest BCUT2D eigenvalue weighted by Crippen LogP contribution is -1.99. The summed E-state index contributed by atoms with van der Waals surface area (Å²) in [5.74, 6) is 0. The minimum absolute atomic E-state index is 0.243. The number of fused-ring (bicyclic) bond motifs is 1. The summed E-state index contributed by atoms with van der Waals surface area (Å²) in [5, 5.41) is 3.17. The van der Waals surface area contributed by atoms with Crippen molar-refractivity contribution in [2.45, 2.75) is 11.1 Å². The fourth-order valence-electron chi connectivity index (χ4n) is 1.43. The van der Waals surface area contributed by atoms with Crippen molar-refractivity contribution in [2.24, 2.45) is 0 Å². The Morgan fingerprint density at radius 3 is 2.35 bits per heavy atom. The molecule has 0 spiro atoms. The number of hydrogen-bond donors (Lipinski definition) is 0. The van der Waals surface area contributed by atoms with E-state index in [4.69, 9.17) is 0 Å². The molecule has 0 aliphatic carbocycles. The van der Waals surface area contributed by atoms with Crippen molar-refractivity contribution in [3.8, 4) is 0 Å². The molecule has 2 aromatic rings. The fourth-order valence-corrected chi connectivity index (χ4v) is 2.15. The van der Waals surface area contributed by atoms with Crippen LogP contribution in [0, 0.1) is 0 Å². The van der Waals surface area contributed by atoms with Crippen LogP contribution in [-0.4, -0.2) is 6.18 Å². The Labute approximate surface area is 101 Å². The van der Waals surface area contributed by atoms with Crippen LogP contribution >= 0.6 is 11.8 Å². The number of alkyl halides is 3. The maximum atomic E-state index is 11.9. The summed E-state index contributed by atoms with van der Waals surface area (Å²) >= 11 is 1.06. The van der Waals surface area contributed by atoms with Crippen LogP contribution in [0.3, 0.4) is 0 Å². The topological polar surface area (TPSA) is 0 Å². The van der Waals surface area contributed by atoms with Gasteiger partial charge in [-0.25, -0.2) is 0 Å². The molecule has 0 heterocycles. The summed E-state index contributed by atoms with van der Waals surface area (Å²) < 4.78 is 35.7. The predicted molar refractivity (Wildman–Crippen MR) is 65.0 cm³/mol. The van der Waals surface area contributed by atoms with Crippen LogP contribution in [0.4, 0.5) is 13.2 Å². The first kappa shape index (κ1) is 12.0. The number of halogens is 3. The lowest BCUT2D eigenvalue weighted by molar-refractivity contribution is -0.0796. The quantitative estimate of drug-likeness (QED) is 0.679. The first-order valence-corrected chi connectivity index (χ1v) is 5.82. The molecule has 0 N–H and O–H groups in total. The van der Waals surface area contributed by atoms with E-state index in [2.05, 4.69) is 0 Å². The average molecular weight is 254 g/mol. The van der Waals surface area contributed by atoms with Gasteiger partial charge in [0, 0.05) is 11.0 Å². The molecule has 0 radical (unpaired) electrons. The van der Waals surface area contributed by atoms with E-state index in [0.717, 1.165) is 32.8 Å². The molecule has 0 nitrogen and oxygen atoms in total. The second kappa shape index (κ2) is 4.84. The molecular weight excluding hydrogens is 245 g/mol. The summed E-state index contributed by atoms with van der Waals surface area (Å²) in [6, 6.07) is 13.3. The number of hydrogen-bond acceptors (Lipinski definition) is 1. The molecule has 2 aromatic carbocycles. The van der Waals surface area contributed by atoms with Crippen LogP contribution in [0.25, 0.3) is 10.8 Å². The molecule has 0 unspecified atom stereocenters. The molecular formula is C13H9F3S. The predicted octanol–water partition coefficient (Wildman–Crippen LogP) is 5.01. The van der Waals surface area contributed by atoms with Crippen molar-refractivity contribution >= 4 is 22.5 Å². The van der Waals surface area contributed by atoms with Gasteiger partial charge in [-0.1, -0.05) is 42.1 Å². The van der Waals surface area contributed by atoms with Crippen molar-refractivity contribution < 1.29 is 13.2 Å². The van der Waals surface area contributed by atoms with Gasteiger partial charge in [-0.05, 0) is 28.3 Å². The van der Waals surface area contributed by atoms with E-state index in [1.807, 2.05) is 42.5 Å². The van der Waals surface area contributed by atoms with Gasteiger partial charge in [0.05, 0.1) is 0 Å². The standard InChI is InChI=1S/C13H9F3S/c14-13(15,16)7-8-17-12-6-5-10-3-1-2-4-11(10)9-12/h1-9H/b8-7+. The molecule has 0 fully saturated rings. The smallest absolute Gasteiger partial charge is 0.167 e. The number of allylic oxidation sites excluding steroid dienone is 1. The molecule has 0 aliphatic heterocycles. The van der Waals surface area contributed by atoms with E-state index in [1.54, 1.807) is 0 Å². The van der Waals surface area contributed by atoms with Crippen LogP contribution in [0.2, 0.25) is 0 Å². The third kappa shape index (κ3) is 3.53. The molecule has 88 valence electrons. The summed E-state index contributed by atoms with van der Waals surface area (Å²) in [7, 11) is 0. The number of benzene rings is 2. The molecule has 0 bridgehead atoms. The summed E-state index contributed by atoms with van der Waals surface area (Å²) in [6.45, 7) is 0. The third-order valence-corrected chi connectivity index (χ3v) is 2.98. The molecule has 0 saturated heterocycles. The SMILES string of the molecule is FC(F)(F)/C=C/Sc1ccc2ccccc2c1. The lowest BCUT2D eigenvalue weighted by atomic mass is 10.1. The normalized spacial score (nSPS) is 12.4. The monoisotopic (exact) mass is 254 g/mol. The van der Waals surface area contributed by atoms with Gasteiger partial charge in [-0.2, -0.15) is 13.2 Å². The minimum atomic E-state index is -4.25. The highest BCUT2D eigenvalue weighted by Gasteiger charge is 2.21. The second-order valence-corrected chi connectivity index (χ2v) is 4.45. The largest absolute Gasteiger partial charge is 0.410 e. The summed E-state index contributed by atoms with van der Waals surface area (Å²) in [5.41, 5.74) is 0. The van der Waals surface area contributed by atoms with Crippen molar-refractivity contribution in [1.29, 1.82) is 0 Å². The molecule has 4 heteroatoms. The highest BCUT2D eigenvalue weighted by molar-refractivity contribution is 8.02. The third-order valence-electron chi connectivity index (χ3n) is 2.18. The van der Waals surface area contributed by atoms with Crippen LogP contribution in [0.15, 0.2) is 58.8 Å². The van der Waals surface area contributed by atoms with E-state index in [9.17, 15) is 13.2 Å². The van der Waals surface area contributed by atoms with Gasteiger partial charge < -0.3 is 0 Å². The first-order chi connectivity index (χ1) is 8.04. The maximum Gasteiger partial charge on any atom is 0.410 e. The van der Waals surface area contributed by atoms with E-state index >= 15 is 0 Å². The van der Waals surface area contributed by atoms with Crippen molar-refractivity contribution in [2.75, 3.05) is 0 Å². The number of rotatable bonds is 2. The van der Waals surface area contributed by atoms with E-state index in [0.29, 0.717) is 0 Å². The Morgan fingerprint density at radius 2 is 1.65 bits per heavy atom. The number of thioether (sulfide) groups is 1. The van der Waals surface area contributed by atoms with E-state index in [-0.39, 0.29) is 6.08 Å². The van der Waals surface area contributed by atoms with Gasteiger partial charge >= 0.3 is 6.18 Å². The Kier molecular flexibility index (Phi) is 3.43. The molecule has 2 rings (SSSR count). The van der Waals surface area contributed by atoms with Crippen molar-refractivity contribution in [3.05, 3.63) is 53.9 Å². The van der Waals surface area contributed by atoms with Gasteiger partial charge in [0.25, 0.3) is 0 Å². The zero-order valence-electron chi connectivity index (χ0n) is 8.74.